The molecule has 1 amide bonds. The molecule has 41 heavy (non-hydrogen) atoms. The minimum Gasteiger partial charge on any atom is -0.493 e. The lowest BCUT2D eigenvalue weighted by molar-refractivity contribution is 0.0357. The average molecular weight is 571 g/mol. The van der Waals surface area contributed by atoms with E-state index < -0.39 is 0 Å². The van der Waals surface area contributed by atoms with Gasteiger partial charge in [0.15, 0.2) is 16.6 Å². The summed E-state index contributed by atoms with van der Waals surface area (Å²) in [4.78, 5) is 24.0. The highest BCUT2D eigenvalue weighted by Crippen LogP contribution is 2.38. The van der Waals surface area contributed by atoms with Gasteiger partial charge in [-0.25, -0.2) is 4.98 Å². The van der Waals surface area contributed by atoms with Crippen LogP contribution in [-0.2, 0) is 4.74 Å². The van der Waals surface area contributed by atoms with Crippen molar-refractivity contribution >= 4 is 43.5 Å². The van der Waals surface area contributed by atoms with E-state index in [4.69, 9.17) is 18.9 Å². The number of pyridine rings is 1. The monoisotopic (exact) mass is 570 g/mol. The molecule has 3 aromatic carbocycles. The Kier molecular flexibility index (Phi) is 8.22. The smallest absolute Gasteiger partial charge is 0.257 e. The van der Waals surface area contributed by atoms with Crippen LogP contribution in [-0.4, -0.2) is 67.3 Å². The molecule has 1 saturated heterocycles. The number of rotatable bonds is 10. The number of carbonyl (C=O) groups excluding carboxylic acids is 1. The Morgan fingerprint density at radius 2 is 1.85 bits per heavy atom. The number of morpholine rings is 1. The van der Waals surface area contributed by atoms with Crippen LogP contribution in [0.2, 0.25) is 0 Å². The summed E-state index contributed by atoms with van der Waals surface area (Å²) in [5.41, 5.74) is 2.11. The molecule has 3 heterocycles. The third kappa shape index (κ3) is 6.40. The van der Waals surface area contributed by atoms with Crippen LogP contribution in [0.15, 0.2) is 72.9 Å². The molecule has 1 N–H and O–H groups in total. The lowest BCUT2D eigenvalue weighted by Gasteiger charge is -2.26. The first-order chi connectivity index (χ1) is 20.2. The Labute approximate surface area is 241 Å². The molecule has 6 rings (SSSR count). The third-order valence-corrected chi connectivity index (χ3v) is 7.74. The van der Waals surface area contributed by atoms with Crippen LogP contribution in [0.3, 0.4) is 0 Å². The molecule has 1 fully saturated rings. The Hall–Kier alpha value is -4.25. The van der Waals surface area contributed by atoms with E-state index in [9.17, 15) is 4.79 Å². The van der Waals surface area contributed by atoms with E-state index in [1.54, 1.807) is 25.4 Å². The maximum absolute atomic E-state index is 12.5. The van der Waals surface area contributed by atoms with Gasteiger partial charge < -0.3 is 18.9 Å². The van der Waals surface area contributed by atoms with Crippen LogP contribution in [0.4, 0.5) is 5.13 Å². The van der Waals surface area contributed by atoms with Crippen molar-refractivity contribution < 1.29 is 23.7 Å². The Bertz CT molecular complexity index is 1650. The molecule has 210 valence electrons. The minimum atomic E-state index is -0.196. The molecule has 0 atom stereocenters. The molecular weight excluding hydrogens is 540 g/mol. The van der Waals surface area contributed by atoms with Crippen molar-refractivity contribution in [3.05, 3.63) is 78.5 Å². The predicted molar refractivity (Wildman–Crippen MR) is 160 cm³/mol. The lowest BCUT2D eigenvalue weighted by atomic mass is 10.1. The Balaban J connectivity index is 1.16. The van der Waals surface area contributed by atoms with Gasteiger partial charge in [0.05, 0.1) is 42.7 Å². The number of nitrogens with one attached hydrogen (secondary N) is 1. The van der Waals surface area contributed by atoms with E-state index in [1.165, 1.54) is 11.3 Å². The highest BCUT2D eigenvalue weighted by Gasteiger charge is 2.15. The lowest BCUT2D eigenvalue weighted by Crippen LogP contribution is -2.37. The topological polar surface area (TPSA) is 95.0 Å². The van der Waals surface area contributed by atoms with E-state index in [-0.39, 0.29) is 5.91 Å². The zero-order valence-corrected chi connectivity index (χ0v) is 23.5. The van der Waals surface area contributed by atoms with Gasteiger partial charge in [0.25, 0.3) is 5.91 Å². The number of aromatic nitrogens is 2. The van der Waals surface area contributed by atoms with Gasteiger partial charge in [-0.3, -0.25) is 20.0 Å². The molecule has 0 aliphatic carbocycles. The van der Waals surface area contributed by atoms with E-state index in [0.29, 0.717) is 40.3 Å². The van der Waals surface area contributed by atoms with Crippen molar-refractivity contribution in [3.63, 3.8) is 0 Å². The number of benzene rings is 3. The van der Waals surface area contributed by atoms with Gasteiger partial charge in [-0.1, -0.05) is 29.5 Å². The number of hydrogen-bond donors (Lipinski definition) is 1. The van der Waals surface area contributed by atoms with Gasteiger partial charge in [-0.05, 0) is 42.8 Å². The molecule has 9 nitrogen and oxygen atoms in total. The van der Waals surface area contributed by atoms with Crippen molar-refractivity contribution in [1.29, 1.82) is 0 Å². The second-order valence-electron chi connectivity index (χ2n) is 9.56. The van der Waals surface area contributed by atoms with Crippen molar-refractivity contribution in [2.45, 2.75) is 6.42 Å². The average Bonchev–Trinajstić information content (AvgIpc) is 3.41. The number of nitrogens with zero attached hydrogens (tertiary/aromatic N) is 3. The Morgan fingerprint density at radius 3 is 2.68 bits per heavy atom. The number of amides is 1. The third-order valence-electron chi connectivity index (χ3n) is 6.81. The van der Waals surface area contributed by atoms with Crippen LogP contribution in [0.5, 0.6) is 23.0 Å². The molecular formula is C31H30N4O5S. The number of methoxy groups -OCH3 is 1. The summed E-state index contributed by atoms with van der Waals surface area (Å²) in [5, 5.41) is 4.22. The zero-order valence-electron chi connectivity index (χ0n) is 22.7. The molecule has 0 bridgehead atoms. The first-order valence-corrected chi connectivity index (χ1v) is 14.3. The zero-order chi connectivity index (χ0) is 28.0. The first-order valence-electron chi connectivity index (χ1n) is 13.5. The maximum atomic E-state index is 12.5. The van der Waals surface area contributed by atoms with Gasteiger partial charge in [-0.15, -0.1) is 0 Å². The SMILES string of the molecule is COc1cc2c(Oc3ccc4nc(NC(=O)c5ccccc5)sc4c3)ccnc2cc1OCCCN1CCOCC1. The second-order valence-corrected chi connectivity index (χ2v) is 10.6. The van der Waals surface area contributed by atoms with Gasteiger partial charge >= 0.3 is 0 Å². The quantitative estimate of drug-likeness (QED) is 0.204. The van der Waals surface area contributed by atoms with Crippen molar-refractivity contribution in [3.8, 4) is 23.0 Å². The standard InChI is InChI=1S/C31H30N4O5S/c1-37-27-19-23-25(20-28(27)39-15-5-12-35-13-16-38-17-14-35)32-11-10-26(23)40-22-8-9-24-29(18-22)41-31(33-24)34-30(36)21-6-3-2-4-7-21/h2-4,6-11,18-20H,5,12-17H2,1H3,(H,33,34,36). The van der Waals surface area contributed by atoms with E-state index >= 15 is 0 Å². The second kappa shape index (κ2) is 12.5. The molecule has 0 spiro atoms. The highest BCUT2D eigenvalue weighted by molar-refractivity contribution is 7.22. The number of hydrogen-bond acceptors (Lipinski definition) is 9. The minimum absolute atomic E-state index is 0.196. The van der Waals surface area contributed by atoms with Gasteiger partial charge in [0.1, 0.15) is 11.5 Å². The fraction of sp³-hybridized carbons (Fsp3) is 0.258. The molecule has 1 aliphatic heterocycles. The maximum Gasteiger partial charge on any atom is 0.257 e. The largest absolute Gasteiger partial charge is 0.493 e. The molecule has 0 unspecified atom stereocenters. The van der Waals surface area contributed by atoms with Crippen molar-refractivity contribution in [2.75, 3.05) is 51.9 Å². The van der Waals surface area contributed by atoms with Crippen LogP contribution in [0, 0.1) is 0 Å². The molecule has 1 aliphatic rings. The summed E-state index contributed by atoms with van der Waals surface area (Å²) in [6.45, 7) is 5.07. The molecule has 0 saturated carbocycles. The number of fused-ring (bicyclic) bond motifs is 2. The van der Waals surface area contributed by atoms with Crippen LogP contribution >= 0.6 is 11.3 Å². The van der Waals surface area contributed by atoms with Gasteiger partial charge in [-0.2, -0.15) is 0 Å². The summed E-state index contributed by atoms with van der Waals surface area (Å²) >= 11 is 1.39. The summed E-state index contributed by atoms with van der Waals surface area (Å²) in [6, 6.07) is 20.4. The molecule has 2 aromatic heterocycles. The normalized spacial score (nSPS) is 13.8. The molecule has 5 aromatic rings. The Morgan fingerprint density at radius 1 is 1.00 bits per heavy atom. The van der Waals surface area contributed by atoms with Crippen LogP contribution in [0.25, 0.3) is 21.1 Å². The van der Waals surface area contributed by atoms with Crippen LogP contribution < -0.4 is 19.5 Å². The first kappa shape index (κ1) is 26.9. The number of anilines is 1. The van der Waals surface area contributed by atoms with E-state index in [2.05, 4.69) is 20.2 Å². The predicted octanol–water partition coefficient (Wildman–Crippen LogP) is 6.00. The van der Waals surface area contributed by atoms with E-state index in [1.807, 2.05) is 54.6 Å². The van der Waals surface area contributed by atoms with Crippen molar-refractivity contribution in [2.24, 2.45) is 0 Å². The fourth-order valence-electron chi connectivity index (χ4n) is 4.69. The van der Waals surface area contributed by atoms with Gasteiger partial charge in [0.2, 0.25) is 0 Å². The summed E-state index contributed by atoms with van der Waals surface area (Å²) < 4.78 is 24.4. The summed E-state index contributed by atoms with van der Waals surface area (Å²) in [5.74, 6) is 2.38. The van der Waals surface area contributed by atoms with E-state index in [0.717, 1.165) is 60.4 Å². The van der Waals surface area contributed by atoms with Crippen LogP contribution in [0.1, 0.15) is 16.8 Å². The number of carbonyl (C=O) groups is 1. The fourth-order valence-corrected chi connectivity index (χ4v) is 5.58. The summed E-state index contributed by atoms with van der Waals surface area (Å²) in [7, 11) is 1.63. The summed E-state index contributed by atoms with van der Waals surface area (Å²) in [6.07, 6.45) is 2.63. The van der Waals surface area contributed by atoms with Gasteiger partial charge in [0, 0.05) is 48.9 Å². The number of ether oxygens (including phenoxy) is 4. The molecule has 10 heteroatoms. The number of thiazole rings is 1. The highest BCUT2D eigenvalue weighted by atomic mass is 32.1. The molecule has 0 radical (unpaired) electrons. The van der Waals surface area contributed by atoms with Crippen molar-refractivity contribution in [1.82, 2.24) is 14.9 Å².